The van der Waals surface area contributed by atoms with E-state index < -0.39 is 0 Å². The summed E-state index contributed by atoms with van der Waals surface area (Å²) in [4.78, 5) is 23.8. The molecule has 0 radical (unpaired) electrons. The minimum Gasteiger partial charge on any atom is -0.347 e. The maximum Gasteiger partial charge on any atom is 0.228 e. The van der Waals surface area contributed by atoms with Crippen LogP contribution in [0.5, 0.6) is 0 Å². The molecule has 132 valence electrons. The zero-order chi connectivity index (χ0) is 18.1. The van der Waals surface area contributed by atoms with Crippen molar-refractivity contribution in [3.05, 3.63) is 59.8 Å². The molecule has 5 nitrogen and oxygen atoms in total. The van der Waals surface area contributed by atoms with Crippen molar-refractivity contribution in [3.63, 3.8) is 0 Å². The van der Waals surface area contributed by atoms with Gasteiger partial charge in [-0.1, -0.05) is 19.1 Å². The van der Waals surface area contributed by atoms with E-state index in [2.05, 4.69) is 34.4 Å². The van der Waals surface area contributed by atoms with Crippen molar-refractivity contribution in [1.29, 1.82) is 0 Å². The van der Waals surface area contributed by atoms with E-state index in [1.54, 1.807) is 0 Å². The summed E-state index contributed by atoms with van der Waals surface area (Å²) in [6.45, 7) is 3.15. The molecule has 0 unspecified atom stereocenters. The standard InChI is InChI=1S/C21H21N3O2/c1-2-8-24-9-7-16-12-17(5-6-19(16)24)22-20(25)11-14-3-4-15-13-21(26)23-18(15)10-14/h3-7,9-10,12H,2,8,11,13H2,1H3,(H,22,25)(H,23,26). The second-order valence-electron chi connectivity index (χ2n) is 6.72. The molecule has 2 N–H and O–H groups in total. The Balaban J connectivity index is 1.46. The lowest BCUT2D eigenvalue weighted by Gasteiger charge is -2.08. The van der Waals surface area contributed by atoms with Gasteiger partial charge in [-0.05, 0) is 47.9 Å². The molecule has 0 saturated carbocycles. The fourth-order valence-electron chi connectivity index (χ4n) is 3.48. The van der Waals surface area contributed by atoms with E-state index >= 15 is 0 Å². The molecule has 0 spiro atoms. The molecule has 2 amide bonds. The van der Waals surface area contributed by atoms with Gasteiger partial charge in [0.15, 0.2) is 0 Å². The van der Waals surface area contributed by atoms with E-state index in [9.17, 15) is 9.59 Å². The summed E-state index contributed by atoms with van der Waals surface area (Å²) >= 11 is 0. The molecule has 0 bridgehead atoms. The smallest absolute Gasteiger partial charge is 0.228 e. The molecular formula is C21H21N3O2. The maximum atomic E-state index is 12.4. The number of carbonyl (C=O) groups excluding carboxylic acids is 2. The first-order valence-electron chi connectivity index (χ1n) is 8.93. The fourth-order valence-corrected chi connectivity index (χ4v) is 3.48. The first-order chi connectivity index (χ1) is 12.6. The van der Waals surface area contributed by atoms with Gasteiger partial charge in [0.25, 0.3) is 0 Å². The predicted molar refractivity (Wildman–Crippen MR) is 103 cm³/mol. The molecule has 0 saturated heterocycles. The lowest BCUT2D eigenvalue weighted by atomic mass is 10.1. The van der Waals surface area contributed by atoms with Crippen LogP contribution in [0.15, 0.2) is 48.7 Å². The van der Waals surface area contributed by atoms with E-state index in [4.69, 9.17) is 0 Å². The highest BCUT2D eigenvalue weighted by molar-refractivity contribution is 6.00. The van der Waals surface area contributed by atoms with Gasteiger partial charge >= 0.3 is 0 Å². The van der Waals surface area contributed by atoms with E-state index in [1.165, 1.54) is 5.52 Å². The third kappa shape index (κ3) is 3.20. The third-order valence-corrected chi connectivity index (χ3v) is 4.68. The SMILES string of the molecule is CCCn1ccc2cc(NC(=O)Cc3ccc4c(c3)NC(=O)C4)ccc21. The van der Waals surface area contributed by atoms with Crippen LogP contribution in [0.4, 0.5) is 11.4 Å². The van der Waals surface area contributed by atoms with Gasteiger partial charge in [0.2, 0.25) is 11.8 Å². The van der Waals surface area contributed by atoms with Crippen LogP contribution in [0.1, 0.15) is 24.5 Å². The summed E-state index contributed by atoms with van der Waals surface area (Å²) in [5.74, 6) is -0.0634. The highest BCUT2D eigenvalue weighted by Gasteiger charge is 2.18. The monoisotopic (exact) mass is 347 g/mol. The number of hydrogen-bond acceptors (Lipinski definition) is 2. The molecule has 2 aromatic carbocycles. The van der Waals surface area contributed by atoms with Crippen molar-refractivity contribution < 1.29 is 9.59 Å². The van der Waals surface area contributed by atoms with Crippen LogP contribution < -0.4 is 10.6 Å². The zero-order valence-corrected chi connectivity index (χ0v) is 14.7. The van der Waals surface area contributed by atoms with Gasteiger partial charge in [-0.25, -0.2) is 0 Å². The van der Waals surface area contributed by atoms with E-state index in [0.29, 0.717) is 6.42 Å². The van der Waals surface area contributed by atoms with E-state index in [1.807, 2.05) is 36.4 Å². The fraction of sp³-hybridized carbons (Fsp3) is 0.238. The largest absolute Gasteiger partial charge is 0.347 e. The number of aromatic nitrogens is 1. The normalized spacial score (nSPS) is 12.9. The minimum absolute atomic E-state index is 0.00455. The number of carbonyl (C=O) groups is 2. The average Bonchev–Trinajstić information content (AvgIpc) is 3.17. The Morgan fingerprint density at radius 2 is 2.08 bits per heavy atom. The summed E-state index contributed by atoms with van der Waals surface area (Å²) in [6.07, 6.45) is 3.86. The Hall–Kier alpha value is -3.08. The van der Waals surface area contributed by atoms with Crippen LogP contribution in [0.3, 0.4) is 0 Å². The van der Waals surface area contributed by atoms with Crippen LogP contribution in [-0.2, 0) is 29.0 Å². The summed E-state index contributed by atoms with van der Waals surface area (Å²) in [5.41, 5.74) is 4.67. The lowest BCUT2D eigenvalue weighted by molar-refractivity contribution is -0.116. The lowest BCUT2D eigenvalue weighted by Crippen LogP contribution is -2.14. The molecule has 0 aliphatic carbocycles. The van der Waals surface area contributed by atoms with Gasteiger partial charge in [-0.3, -0.25) is 9.59 Å². The molecule has 5 heteroatoms. The van der Waals surface area contributed by atoms with Crippen molar-refractivity contribution >= 4 is 34.1 Å². The number of benzene rings is 2. The molecule has 4 rings (SSSR count). The van der Waals surface area contributed by atoms with E-state index in [-0.39, 0.29) is 18.2 Å². The van der Waals surface area contributed by atoms with Gasteiger partial charge < -0.3 is 15.2 Å². The molecule has 1 aromatic heterocycles. The zero-order valence-electron chi connectivity index (χ0n) is 14.7. The number of aryl methyl sites for hydroxylation is 1. The number of hydrogen-bond donors (Lipinski definition) is 2. The third-order valence-electron chi connectivity index (χ3n) is 4.68. The Labute approximate surface area is 152 Å². The second-order valence-corrected chi connectivity index (χ2v) is 6.72. The first-order valence-corrected chi connectivity index (χ1v) is 8.93. The molecule has 3 aromatic rings. The Kier molecular flexibility index (Phi) is 4.21. The molecule has 26 heavy (non-hydrogen) atoms. The number of rotatable bonds is 5. The Morgan fingerprint density at radius 1 is 1.19 bits per heavy atom. The van der Waals surface area contributed by atoms with Gasteiger partial charge in [0.05, 0.1) is 12.8 Å². The highest BCUT2D eigenvalue weighted by Crippen LogP contribution is 2.25. The van der Waals surface area contributed by atoms with Gasteiger partial charge in [-0.15, -0.1) is 0 Å². The maximum absolute atomic E-state index is 12.4. The molecule has 1 aliphatic heterocycles. The molecular weight excluding hydrogens is 326 g/mol. The summed E-state index contributed by atoms with van der Waals surface area (Å²) in [5, 5.41) is 6.91. The van der Waals surface area contributed by atoms with Crippen LogP contribution in [0.25, 0.3) is 10.9 Å². The van der Waals surface area contributed by atoms with E-state index in [0.717, 1.165) is 40.9 Å². The number of amides is 2. The number of nitrogens with zero attached hydrogens (tertiary/aromatic N) is 1. The number of anilines is 2. The van der Waals surface area contributed by atoms with Crippen molar-refractivity contribution in [2.75, 3.05) is 10.6 Å². The quantitative estimate of drug-likeness (QED) is 0.739. The van der Waals surface area contributed by atoms with Crippen molar-refractivity contribution in [3.8, 4) is 0 Å². The average molecular weight is 347 g/mol. The first kappa shape index (κ1) is 16.4. The summed E-state index contributed by atoms with van der Waals surface area (Å²) < 4.78 is 2.22. The second kappa shape index (κ2) is 6.67. The van der Waals surface area contributed by atoms with Crippen LogP contribution in [-0.4, -0.2) is 16.4 Å². The van der Waals surface area contributed by atoms with Crippen molar-refractivity contribution in [2.45, 2.75) is 32.7 Å². The molecule has 2 heterocycles. The van der Waals surface area contributed by atoms with Crippen molar-refractivity contribution in [1.82, 2.24) is 4.57 Å². The molecule has 0 fully saturated rings. The summed E-state index contributed by atoms with van der Waals surface area (Å²) in [7, 11) is 0. The number of nitrogens with one attached hydrogen (secondary N) is 2. The van der Waals surface area contributed by atoms with Crippen LogP contribution in [0.2, 0.25) is 0 Å². The Bertz CT molecular complexity index is 1000. The van der Waals surface area contributed by atoms with Gasteiger partial charge in [0.1, 0.15) is 0 Å². The predicted octanol–water partition coefficient (Wildman–Crippen LogP) is 3.73. The van der Waals surface area contributed by atoms with Crippen LogP contribution >= 0.6 is 0 Å². The van der Waals surface area contributed by atoms with Crippen molar-refractivity contribution in [2.24, 2.45) is 0 Å². The highest BCUT2D eigenvalue weighted by atomic mass is 16.2. The molecule has 1 aliphatic rings. The topological polar surface area (TPSA) is 63.1 Å². The number of fused-ring (bicyclic) bond motifs is 2. The van der Waals surface area contributed by atoms with Crippen LogP contribution in [0, 0.1) is 0 Å². The minimum atomic E-state index is -0.0679. The Morgan fingerprint density at radius 3 is 2.92 bits per heavy atom. The molecule has 0 atom stereocenters. The van der Waals surface area contributed by atoms with Gasteiger partial charge in [0, 0.05) is 35.0 Å². The van der Waals surface area contributed by atoms with Gasteiger partial charge in [-0.2, -0.15) is 0 Å². The summed E-state index contributed by atoms with van der Waals surface area (Å²) in [6, 6.07) is 13.8.